The SMILES string of the molecule is Cc1cc(NC(=O)CSCC(=O)Nc2nc(-c3ccccc3Cl)cs2)no1. The smallest absolute Gasteiger partial charge is 0.236 e. The van der Waals surface area contributed by atoms with E-state index in [2.05, 4.69) is 20.8 Å². The summed E-state index contributed by atoms with van der Waals surface area (Å²) in [5, 5.41) is 11.9. The minimum absolute atomic E-state index is 0.127. The quantitative estimate of drug-likeness (QED) is 0.595. The van der Waals surface area contributed by atoms with Gasteiger partial charge in [0.2, 0.25) is 11.8 Å². The van der Waals surface area contributed by atoms with Gasteiger partial charge in [-0.1, -0.05) is 35.0 Å². The van der Waals surface area contributed by atoms with Gasteiger partial charge >= 0.3 is 0 Å². The summed E-state index contributed by atoms with van der Waals surface area (Å²) in [6.45, 7) is 1.73. The van der Waals surface area contributed by atoms with Gasteiger partial charge in [-0.25, -0.2) is 4.98 Å². The van der Waals surface area contributed by atoms with E-state index >= 15 is 0 Å². The largest absolute Gasteiger partial charge is 0.360 e. The Balaban J connectivity index is 1.44. The maximum Gasteiger partial charge on any atom is 0.236 e. The van der Waals surface area contributed by atoms with E-state index in [1.807, 2.05) is 23.6 Å². The molecule has 2 N–H and O–H groups in total. The van der Waals surface area contributed by atoms with Gasteiger partial charge in [-0.2, -0.15) is 0 Å². The maximum atomic E-state index is 12.0. The van der Waals surface area contributed by atoms with Crippen molar-refractivity contribution in [1.29, 1.82) is 0 Å². The standard InChI is InChI=1S/C17H15ClN4O3S2/c1-10-6-14(22-25-10)20-15(23)8-26-9-16(24)21-17-19-13(7-27-17)11-4-2-3-5-12(11)18/h2-7H,8-9H2,1H3,(H,19,21,24)(H,20,22,23). The Morgan fingerprint density at radius 2 is 1.96 bits per heavy atom. The predicted molar refractivity (Wildman–Crippen MR) is 108 cm³/mol. The molecular formula is C17H15ClN4O3S2. The Hall–Kier alpha value is -2.36. The minimum Gasteiger partial charge on any atom is -0.360 e. The van der Waals surface area contributed by atoms with Crippen molar-refractivity contribution >= 4 is 57.5 Å². The number of halogens is 1. The van der Waals surface area contributed by atoms with Crippen LogP contribution in [-0.2, 0) is 9.59 Å². The average molecular weight is 423 g/mol. The van der Waals surface area contributed by atoms with Gasteiger partial charge in [0.25, 0.3) is 0 Å². The average Bonchev–Trinajstić information content (AvgIpc) is 3.24. The summed E-state index contributed by atoms with van der Waals surface area (Å²) in [5.74, 6) is 0.741. The lowest BCUT2D eigenvalue weighted by molar-refractivity contribution is -0.114. The molecule has 7 nitrogen and oxygen atoms in total. The first kappa shape index (κ1) is 19.4. The van der Waals surface area contributed by atoms with E-state index in [4.69, 9.17) is 16.1 Å². The molecule has 3 aromatic rings. The van der Waals surface area contributed by atoms with E-state index in [0.29, 0.717) is 27.4 Å². The lowest BCUT2D eigenvalue weighted by Crippen LogP contribution is -2.18. The number of nitrogens with zero attached hydrogens (tertiary/aromatic N) is 2. The summed E-state index contributed by atoms with van der Waals surface area (Å²) in [7, 11) is 0. The number of aryl methyl sites for hydroxylation is 1. The number of anilines is 2. The highest BCUT2D eigenvalue weighted by Crippen LogP contribution is 2.30. The molecule has 0 bridgehead atoms. The van der Waals surface area contributed by atoms with Gasteiger partial charge in [0, 0.05) is 22.0 Å². The van der Waals surface area contributed by atoms with Gasteiger partial charge in [0.1, 0.15) is 5.76 Å². The second-order valence-electron chi connectivity index (χ2n) is 5.43. The Labute approximate surface area is 168 Å². The zero-order valence-electron chi connectivity index (χ0n) is 14.2. The Morgan fingerprint density at radius 1 is 1.22 bits per heavy atom. The summed E-state index contributed by atoms with van der Waals surface area (Å²) >= 11 is 8.67. The number of carbonyl (C=O) groups is 2. The molecule has 0 spiro atoms. The van der Waals surface area contributed by atoms with E-state index in [1.54, 1.807) is 19.1 Å². The number of thiazole rings is 1. The Bertz CT molecular complexity index is 957. The van der Waals surface area contributed by atoms with Crippen molar-refractivity contribution in [1.82, 2.24) is 10.1 Å². The highest BCUT2D eigenvalue weighted by molar-refractivity contribution is 8.00. The lowest BCUT2D eigenvalue weighted by Gasteiger charge is -2.03. The summed E-state index contributed by atoms with van der Waals surface area (Å²) < 4.78 is 4.87. The lowest BCUT2D eigenvalue weighted by atomic mass is 10.2. The van der Waals surface area contributed by atoms with Crippen LogP contribution >= 0.6 is 34.7 Å². The van der Waals surface area contributed by atoms with E-state index in [-0.39, 0.29) is 23.3 Å². The minimum atomic E-state index is -0.253. The zero-order chi connectivity index (χ0) is 19.2. The van der Waals surface area contributed by atoms with E-state index in [1.165, 1.54) is 23.1 Å². The van der Waals surface area contributed by atoms with Crippen LogP contribution in [0.25, 0.3) is 11.3 Å². The van der Waals surface area contributed by atoms with Crippen LogP contribution in [0.4, 0.5) is 10.9 Å². The van der Waals surface area contributed by atoms with Crippen LogP contribution in [0.2, 0.25) is 5.02 Å². The number of benzene rings is 1. The second kappa shape index (κ2) is 9.03. The molecule has 2 heterocycles. The maximum absolute atomic E-state index is 12.0. The van der Waals surface area contributed by atoms with Gasteiger partial charge in [-0.15, -0.1) is 23.1 Å². The molecule has 3 rings (SSSR count). The number of carbonyl (C=O) groups excluding carboxylic acids is 2. The highest BCUT2D eigenvalue weighted by atomic mass is 35.5. The molecule has 140 valence electrons. The molecule has 2 amide bonds. The summed E-state index contributed by atoms with van der Waals surface area (Å²) in [6, 6.07) is 9.00. The molecule has 0 aliphatic heterocycles. The topological polar surface area (TPSA) is 97.1 Å². The molecule has 10 heteroatoms. The summed E-state index contributed by atoms with van der Waals surface area (Å²) in [6.07, 6.45) is 0. The van der Waals surface area contributed by atoms with Gasteiger partial charge in [0.15, 0.2) is 10.9 Å². The molecular weight excluding hydrogens is 408 g/mol. The Kier molecular flexibility index (Phi) is 6.49. The van der Waals surface area contributed by atoms with Crippen molar-refractivity contribution in [2.24, 2.45) is 0 Å². The van der Waals surface area contributed by atoms with Gasteiger partial charge < -0.3 is 15.2 Å². The van der Waals surface area contributed by atoms with Crippen molar-refractivity contribution in [3.05, 3.63) is 46.5 Å². The first-order valence-corrected chi connectivity index (χ1v) is 10.2. The van der Waals surface area contributed by atoms with E-state index < -0.39 is 0 Å². The van der Waals surface area contributed by atoms with Crippen molar-refractivity contribution < 1.29 is 14.1 Å². The van der Waals surface area contributed by atoms with Crippen molar-refractivity contribution in [3.8, 4) is 11.3 Å². The number of nitrogens with one attached hydrogen (secondary N) is 2. The third-order valence-electron chi connectivity index (χ3n) is 3.26. The molecule has 0 radical (unpaired) electrons. The molecule has 0 fully saturated rings. The fraction of sp³-hybridized carbons (Fsp3) is 0.176. The van der Waals surface area contributed by atoms with Crippen LogP contribution < -0.4 is 10.6 Å². The van der Waals surface area contributed by atoms with Crippen LogP contribution in [0, 0.1) is 6.92 Å². The molecule has 0 unspecified atom stereocenters. The fourth-order valence-electron chi connectivity index (χ4n) is 2.12. The molecule has 0 atom stereocenters. The van der Waals surface area contributed by atoms with Crippen LogP contribution in [0.3, 0.4) is 0 Å². The van der Waals surface area contributed by atoms with Crippen molar-refractivity contribution in [2.75, 3.05) is 22.1 Å². The third-order valence-corrected chi connectivity index (χ3v) is 5.28. The first-order valence-electron chi connectivity index (χ1n) is 7.82. The van der Waals surface area contributed by atoms with Crippen molar-refractivity contribution in [3.63, 3.8) is 0 Å². The van der Waals surface area contributed by atoms with Crippen LogP contribution in [0.15, 0.2) is 40.2 Å². The molecule has 0 saturated carbocycles. The monoisotopic (exact) mass is 422 g/mol. The molecule has 2 aromatic heterocycles. The summed E-state index contributed by atoms with van der Waals surface area (Å²) in [4.78, 5) is 28.2. The molecule has 0 saturated heterocycles. The number of thioether (sulfide) groups is 1. The zero-order valence-corrected chi connectivity index (χ0v) is 16.6. The number of rotatable bonds is 7. The number of hydrogen-bond donors (Lipinski definition) is 2. The highest BCUT2D eigenvalue weighted by Gasteiger charge is 2.11. The molecule has 0 aliphatic carbocycles. The summed E-state index contributed by atoms with van der Waals surface area (Å²) in [5.41, 5.74) is 1.51. The van der Waals surface area contributed by atoms with Crippen LogP contribution in [0.1, 0.15) is 5.76 Å². The van der Waals surface area contributed by atoms with E-state index in [0.717, 1.165) is 5.56 Å². The first-order chi connectivity index (χ1) is 13.0. The van der Waals surface area contributed by atoms with Crippen molar-refractivity contribution in [2.45, 2.75) is 6.92 Å². The normalized spacial score (nSPS) is 10.6. The number of amides is 2. The van der Waals surface area contributed by atoms with Crippen LogP contribution in [-0.4, -0.2) is 33.5 Å². The predicted octanol–water partition coefficient (Wildman–Crippen LogP) is 4.07. The van der Waals surface area contributed by atoms with Crippen LogP contribution in [0.5, 0.6) is 0 Å². The van der Waals surface area contributed by atoms with Gasteiger partial charge in [-0.05, 0) is 13.0 Å². The fourth-order valence-corrected chi connectivity index (χ4v) is 3.70. The van der Waals surface area contributed by atoms with Gasteiger partial charge in [0.05, 0.1) is 17.2 Å². The third kappa shape index (κ3) is 5.56. The molecule has 1 aromatic carbocycles. The molecule has 0 aliphatic rings. The number of aromatic nitrogens is 2. The molecule has 27 heavy (non-hydrogen) atoms. The Morgan fingerprint density at radius 3 is 2.67 bits per heavy atom. The second-order valence-corrected chi connectivity index (χ2v) is 7.68. The van der Waals surface area contributed by atoms with Gasteiger partial charge in [-0.3, -0.25) is 9.59 Å². The number of hydrogen-bond acceptors (Lipinski definition) is 7. The van der Waals surface area contributed by atoms with E-state index in [9.17, 15) is 9.59 Å².